The van der Waals surface area contributed by atoms with Crippen LogP contribution in [0.25, 0.3) is 0 Å². The van der Waals surface area contributed by atoms with Crippen molar-refractivity contribution in [2.24, 2.45) is 22.2 Å². The highest BCUT2D eigenvalue weighted by Crippen LogP contribution is 2.71. The topological polar surface area (TPSA) is 26.3 Å². The molecule has 0 heterocycles. The van der Waals surface area contributed by atoms with Crippen LogP contribution in [0.4, 0.5) is 0 Å². The number of hydrogen-bond acceptors (Lipinski definition) is 2. The Kier molecular flexibility index (Phi) is 7.32. The van der Waals surface area contributed by atoms with Crippen molar-refractivity contribution in [2.45, 2.75) is 107 Å². The van der Waals surface area contributed by atoms with Gasteiger partial charge in [0, 0.05) is 11.8 Å². The van der Waals surface area contributed by atoms with E-state index in [-0.39, 0.29) is 11.2 Å². The van der Waals surface area contributed by atoms with Gasteiger partial charge in [0.05, 0.1) is 6.61 Å². The van der Waals surface area contributed by atoms with Crippen LogP contribution in [0.3, 0.4) is 0 Å². The van der Waals surface area contributed by atoms with Gasteiger partial charge in [-0.1, -0.05) is 53.2 Å². The molecule has 2 heteroatoms. The molecule has 0 radical (unpaired) electrons. The van der Waals surface area contributed by atoms with E-state index in [1.54, 1.807) is 29.2 Å². The van der Waals surface area contributed by atoms with Gasteiger partial charge >= 0.3 is 0 Å². The van der Waals surface area contributed by atoms with Gasteiger partial charge in [-0.15, -0.1) is 0 Å². The van der Waals surface area contributed by atoms with Gasteiger partial charge in [-0.3, -0.25) is 0 Å². The molecule has 0 N–H and O–H groups in total. The third kappa shape index (κ3) is 4.08. The molecule has 0 bridgehead atoms. The molecule has 0 aromatic carbocycles. The monoisotopic (exact) mass is 438 g/mol. The number of allylic oxidation sites excluding steroid dienone is 7. The van der Waals surface area contributed by atoms with Crippen LogP contribution in [0.1, 0.15) is 107 Å². The fourth-order valence-electron chi connectivity index (χ4n) is 6.51. The lowest BCUT2D eigenvalue weighted by molar-refractivity contribution is -0.116. The van der Waals surface area contributed by atoms with Crippen molar-refractivity contribution in [3.05, 3.63) is 46.3 Å². The minimum absolute atomic E-state index is 0.249. The van der Waals surface area contributed by atoms with Crippen LogP contribution in [-0.2, 0) is 9.53 Å². The average molecular weight is 439 g/mol. The maximum Gasteiger partial charge on any atom is 0.129 e. The average Bonchev–Trinajstić information content (AvgIpc) is 3.48. The van der Waals surface area contributed by atoms with E-state index in [9.17, 15) is 4.79 Å². The third-order valence-electron chi connectivity index (χ3n) is 8.97. The summed E-state index contributed by atoms with van der Waals surface area (Å²) < 4.78 is 5.89. The molecular weight excluding hydrogens is 392 g/mol. The van der Waals surface area contributed by atoms with Gasteiger partial charge in [-0.2, -0.15) is 0 Å². The Bertz CT molecular complexity index is 863. The Morgan fingerprint density at radius 2 is 1.78 bits per heavy atom. The van der Waals surface area contributed by atoms with E-state index in [4.69, 9.17) is 4.74 Å². The van der Waals surface area contributed by atoms with Crippen molar-refractivity contribution in [3.63, 3.8) is 0 Å². The van der Waals surface area contributed by atoms with Crippen molar-refractivity contribution in [3.8, 4) is 0 Å². The predicted octanol–water partition coefficient (Wildman–Crippen LogP) is 8.50. The van der Waals surface area contributed by atoms with Crippen LogP contribution in [0.2, 0.25) is 0 Å². The zero-order chi connectivity index (χ0) is 23.7. The first-order chi connectivity index (χ1) is 15.2. The van der Waals surface area contributed by atoms with Crippen molar-refractivity contribution in [1.82, 2.24) is 0 Å². The summed E-state index contributed by atoms with van der Waals surface area (Å²) in [5.74, 6) is 2.19. The minimum Gasteiger partial charge on any atom is -0.494 e. The van der Waals surface area contributed by atoms with Gasteiger partial charge in [0.2, 0.25) is 0 Å². The molecule has 5 aliphatic rings. The molecule has 3 atom stereocenters. The van der Waals surface area contributed by atoms with Gasteiger partial charge in [-0.25, -0.2) is 0 Å². The Morgan fingerprint density at radius 1 is 1.12 bits per heavy atom. The van der Waals surface area contributed by atoms with Crippen LogP contribution in [0, 0.1) is 22.2 Å². The zero-order valence-corrected chi connectivity index (χ0v) is 22.0. The Morgan fingerprint density at radius 3 is 2.34 bits per heavy atom. The minimum atomic E-state index is 0.249. The van der Waals surface area contributed by atoms with Gasteiger partial charge in [0.25, 0.3) is 0 Å². The lowest BCUT2D eigenvalue weighted by atomic mass is 9.52. The summed E-state index contributed by atoms with van der Waals surface area (Å²) in [6, 6.07) is 0. The molecule has 178 valence electrons. The van der Waals surface area contributed by atoms with Crippen LogP contribution < -0.4 is 0 Å². The predicted molar refractivity (Wildman–Crippen MR) is 135 cm³/mol. The quantitative estimate of drug-likeness (QED) is 0.441. The smallest absolute Gasteiger partial charge is 0.129 e. The molecule has 0 amide bonds. The van der Waals surface area contributed by atoms with E-state index in [1.165, 1.54) is 38.5 Å². The number of hydrogen-bond donors (Lipinski definition) is 0. The van der Waals surface area contributed by atoms with Crippen molar-refractivity contribution in [1.29, 1.82) is 0 Å². The number of fused-ring (bicyclic) bond motifs is 5. The summed E-state index contributed by atoms with van der Waals surface area (Å²) in [7, 11) is 0. The first-order valence-electron chi connectivity index (χ1n) is 13.2. The second-order valence-corrected chi connectivity index (χ2v) is 10.8. The molecule has 0 aromatic rings. The van der Waals surface area contributed by atoms with Gasteiger partial charge in [-0.05, 0) is 104 Å². The molecule has 32 heavy (non-hydrogen) atoms. The van der Waals surface area contributed by atoms with Crippen LogP contribution in [0.15, 0.2) is 46.3 Å². The first kappa shape index (κ1) is 25.1. The molecule has 2 nitrogen and oxygen atoms in total. The Balaban J connectivity index is 0.000000368. The number of carbonyl (C=O) groups is 1. The molecule has 5 rings (SSSR count). The van der Waals surface area contributed by atoms with Crippen LogP contribution in [0.5, 0.6) is 0 Å². The molecular formula is C30H46O2. The molecule has 0 saturated heterocycles. The highest BCUT2D eigenvalue weighted by molar-refractivity contribution is 5.74. The Hall–Kier alpha value is -1.57. The second kappa shape index (κ2) is 9.35. The summed E-state index contributed by atoms with van der Waals surface area (Å²) in [5, 5.41) is 0. The zero-order valence-electron chi connectivity index (χ0n) is 22.0. The molecule has 1 fully saturated rings. The number of ether oxygens (including phenoxy) is 1. The molecule has 0 aromatic heterocycles. The SMILES string of the molecule is CC.CCC(C)=O.CCOC1=CCC2(C)C(=C1)C1(CC1)CC1=C2CCC2(C)C1=CCC2C. The van der Waals surface area contributed by atoms with Crippen molar-refractivity contribution >= 4 is 5.78 Å². The Labute approximate surface area is 197 Å². The van der Waals surface area contributed by atoms with Gasteiger partial charge in [0.1, 0.15) is 11.5 Å². The van der Waals surface area contributed by atoms with Crippen LogP contribution >= 0.6 is 0 Å². The normalized spacial score (nSPS) is 33.1. The lowest BCUT2D eigenvalue weighted by Gasteiger charge is -2.52. The van der Waals surface area contributed by atoms with Crippen molar-refractivity contribution in [2.75, 3.05) is 6.61 Å². The standard InChI is InChI=1S/C24H32O.C4H8O.C2H6/c1-5-25-17-8-10-23(4)20-9-11-22(3)16(2)6-7-19(22)18(20)15-24(12-13-24)21(23)14-17;1-3-4(2)5;1-2/h7-8,14,16H,5-6,9-13,15H2,1-4H3;3H2,1-2H3;1-2H3. The number of Topliss-reactive ketones (excluding diaryl/α,β-unsaturated/α-hetero) is 1. The maximum absolute atomic E-state index is 9.81. The summed E-state index contributed by atoms with van der Waals surface area (Å²) in [6.07, 6.45) is 17.2. The molecule has 1 spiro atoms. The van der Waals surface area contributed by atoms with E-state index in [1.807, 2.05) is 20.8 Å². The van der Waals surface area contributed by atoms with Gasteiger partial charge in [0.15, 0.2) is 0 Å². The summed E-state index contributed by atoms with van der Waals surface area (Å²) >= 11 is 0. The third-order valence-corrected chi connectivity index (χ3v) is 8.97. The summed E-state index contributed by atoms with van der Waals surface area (Å²) in [5.41, 5.74) is 8.15. The fraction of sp³-hybridized carbons (Fsp3) is 0.700. The number of carbonyl (C=O) groups excluding carboxylic acids is 1. The molecule has 3 unspecified atom stereocenters. The van der Waals surface area contributed by atoms with E-state index in [0.29, 0.717) is 17.3 Å². The highest BCUT2D eigenvalue weighted by Gasteiger charge is 2.59. The highest BCUT2D eigenvalue weighted by atomic mass is 16.5. The second-order valence-electron chi connectivity index (χ2n) is 10.8. The number of rotatable bonds is 3. The van der Waals surface area contributed by atoms with E-state index in [2.05, 4.69) is 45.9 Å². The number of ketones is 1. The fourth-order valence-corrected chi connectivity index (χ4v) is 6.51. The van der Waals surface area contributed by atoms with Crippen molar-refractivity contribution < 1.29 is 9.53 Å². The summed E-state index contributed by atoms with van der Waals surface area (Å²) in [6.45, 7) is 17.8. The first-order valence-corrected chi connectivity index (χ1v) is 13.2. The molecule has 5 aliphatic carbocycles. The van der Waals surface area contributed by atoms with Crippen LogP contribution in [-0.4, -0.2) is 12.4 Å². The lowest BCUT2D eigenvalue weighted by Crippen LogP contribution is -2.40. The van der Waals surface area contributed by atoms with E-state index < -0.39 is 0 Å². The largest absolute Gasteiger partial charge is 0.494 e. The maximum atomic E-state index is 9.81. The van der Waals surface area contributed by atoms with E-state index >= 15 is 0 Å². The van der Waals surface area contributed by atoms with Gasteiger partial charge < -0.3 is 9.53 Å². The van der Waals surface area contributed by atoms with E-state index in [0.717, 1.165) is 24.7 Å². The molecule has 1 saturated carbocycles. The molecule has 0 aliphatic heterocycles. The summed E-state index contributed by atoms with van der Waals surface area (Å²) in [4.78, 5) is 9.81.